The summed E-state index contributed by atoms with van der Waals surface area (Å²) >= 11 is 0. The minimum absolute atomic E-state index is 0.0911. The van der Waals surface area contributed by atoms with Gasteiger partial charge in [-0.3, -0.25) is 0 Å². The van der Waals surface area contributed by atoms with Crippen LogP contribution in [-0.4, -0.2) is 27.8 Å². The molecule has 1 fully saturated rings. The zero-order valence-electron chi connectivity index (χ0n) is 12.4. The second-order valence-electron chi connectivity index (χ2n) is 5.95. The first kappa shape index (κ1) is 15.4. The summed E-state index contributed by atoms with van der Waals surface area (Å²) in [5.74, 6) is -0.371. The van der Waals surface area contributed by atoms with Gasteiger partial charge in [0.2, 0.25) is 0 Å². The SMILES string of the molecule is CCC1(C)C(NC)CC1c1ccc(S(C)(=O)=O)c(F)c1. The maximum absolute atomic E-state index is 14.0. The highest BCUT2D eigenvalue weighted by atomic mass is 32.2. The monoisotopic (exact) mass is 299 g/mol. The zero-order chi connectivity index (χ0) is 15.1. The Morgan fingerprint density at radius 3 is 2.55 bits per heavy atom. The molecule has 3 nitrogen and oxygen atoms in total. The minimum atomic E-state index is -3.50. The van der Waals surface area contributed by atoms with E-state index in [1.807, 2.05) is 7.05 Å². The second kappa shape index (κ2) is 5.11. The van der Waals surface area contributed by atoms with Gasteiger partial charge in [-0.1, -0.05) is 19.9 Å². The van der Waals surface area contributed by atoms with Gasteiger partial charge in [-0.25, -0.2) is 12.8 Å². The van der Waals surface area contributed by atoms with Crippen LogP contribution in [-0.2, 0) is 9.84 Å². The van der Waals surface area contributed by atoms with E-state index in [4.69, 9.17) is 0 Å². The molecule has 1 aromatic carbocycles. The Labute approximate surface area is 120 Å². The molecule has 2 rings (SSSR count). The molecule has 112 valence electrons. The molecule has 1 N–H and O–H groups in total. The van der Waals surface area contributed by atoms with Crippen molar-refractivity contribution in [2.24, 2.45) is 5.41 Å². The second-order valence-corrected chi connectivity index (χ2v) is 7.94. The first-order chi connectivity index (χ1) is 9.24. The van der Waals surface area contributed by atoms with Crippen molar-refractivity contribution in [3.05, 3.63) is 29.6 Å². The Hall–Kier alpha value is -0.940. The molecule has 0 saturated heterocycles. The maximum atomic E-state index is 14.0. The largest absolute Gasteiger partial charge is 0.316 e. The third-order valence-electron chi connectivity index (χ3n) is 4.93. The predicted octanol–water partition coefficient (Wildman–Crippen LogP) is 2.72. The van der Waals surface area contributed by atoms with Crippen molar-refractivity contribution in [2.75, 3.05) is 13.3 Å². The van der Waals surface area contributed by atoms with Gasteiger partial charge in [0.15, 0.2) is 9.84 Å². The molecule has 0 aliphatic heterocycles. The maximum Gasteiger partial charge on any atom is 0.178 e. The van der Waals surface area contributed by atoms with Crippen LogP contribution in [0.3, 0.4) is 0 Å². The van der Waals surface area contributed by atoms with Crippen LogP contribution in [0.2, 0.25) is 0 Å². The van der Waals surface area contributed by atoms with Crippen LogP contribution in [0.1, 0.15) is 38.2 Å². The molecule has 0 aromatic heterocycles. The van der Waals surface area contributed by atoms with Gasteiger partial charge in [0.25, 0.3) is 0 Å². The molecule has 5 heteroatoms. The normalized spacial score (nSPS) is 30.1. The van der Waals surface area contributed by atoms with Crippen molar-refractivity contribution >= 4 is 9.84 Å². The number of halogens is 1. The number of hydrogen-bond acceptors (Lipinski definition) is 3. The zero-order valence-corrected chi connectivity index (χ0v) is 13.2. The van der Waals surface area contributed by atoms with Gasteiger partial charge in [0, 0.05) is 12.3 Å². The van der Waals surface area contributed by atoms with E-state index in [9.17, 15) is 12.8 Å². The number of nitrogens with one attached hydrogen (secondary N) is 1. The fraction of sp³-hybridized carbons (Fsp3) is 0.600. The van der Waals surface area contributed by atoms with Crippen molar-refractivity contribution in [1.29, 1.82) is 0 Å². The highest BCUT2D eigenvalue weighted by Gasteiger charge is 2.50. The van der Waals surface area contributed by atoms with Crippen molar-refractivity contribution in [1.82, 2.24) is 5.32 Å². The Morgan fingerprint density at radius 1 is 1.45 bits per heavy atom. The highest BCUT2D eigenvalue weighted by molar-refractivity contribution is 7.90. The summed E-state index contributed by atoms with van der Waals surface area (Å²) in [4.78, 5) is -0.219. The molecule has 1 aromatic rings. The number of hydrogen-bond donors (Lipinski definition) is 1. The molecule has 0 bridgehead atoms. The molecule has 0 spiro atoms. The van der Waals surface area contributed by atoms with Gasteiger partial charge in [-0.2, -0.15) is 0 Å². The first-order valence-electron chi connectivity index (χ1n) is 6.90. The van der Waals surface area contributed by atoms with Crippen LogP contribution in [0.25, 0.3) is 0 Å². The summed E-state index contributed by atoms with van der Waals surface area (Å²) in [6, 6.07) is 4.96. The Morgan fingerprint density at radius 2 is 2.10 bits per heavy atom. The molecule has 20 heavy (non-hydrogen) atoms. The summed E-state index contributed by atoms with van der Waals surface area (Å²) < 4.78 is 36.9. The summed E-state index contributed by atoms with van der Waals surface area (Å²) in [6.07, 6.45) is 2.98. The quantitative estimate of drug-likeness (QED) is 0.930. The summed E-state index contributed by atoms with van der Waals surface area (Å²) in [6.45, 7) is 4.34. The van der Waals surface area contributed by atoms with Crippen LogP contribution >= 0.6 is 0 Å². The Bertz CT molecular complexity index is 614. The van der Waals surface area contributed by atoms with Crippen LogP contribution in [0.4, 0.5) is 4.39 Å². The Balaban J connectivity index is 2.35. The summed E-state index contributed by atoms with van der Waals surface area (Å²) in [5.41, 5.74) is 0.985. The molecule has 3 unspecified atom stereocenters. The third-order valence-corrected chi connectivity index (χ3v) is 6.06. The third kappa shape index (κ3) is 2.37. The lowest BCUT2D eigenvalue weighted by Crippen LogP contribution is -2.55. The number of sulfone groups is 1. The lowest BCUT2D eigenvalue weighted by Gasteiger charge is -2.54. The van der Waals surface area contributed by atoms with E-state index in [2.05, 4.69) is 19.2 Å². The average Bonchev–Trinajstić information content (AvgIpc) is 2.35. The molecule has 1 saturated carbocycles. The lowest BCUT2D eigenvalue weighted by atomic mass is 9.54. The fourth-order valence-corrected chi connectivity index (χ4v) is 4.08. The predicted molar refractivity (Wildman–Crippen MR) is 78.1 cm³/mol. The van der Waals surface area contributed by atoms with E-state index >= 15 is 0 Å². The molecule has 0 radical (unpaired) electrons. The molecular formula is C15H22FNO2S. The van der Waals surface area contributed by atoms with Gasteiger partial charge < -0.3 is 5.32 Å². The first-order valence-corrected chi connectivity index (χ1v) is 8.80. The van der Waals surface area contributed by atoms with E-state index < -0.39 is 15.7 Å². The van der Waals surface area contributed by atoms with Gasteiger partial charge >= 0.3 is 0 Å². The minimum Gasteiger partial charge on any atom is -0.316 e. The van der Waals surface area contributed by atoms with Gasteiger partial charge in [0.05, 0.1) is 0 Å². The van der Waals surface area contributed by atoms with Gasteiger partial charge in [-0.15, -0.1) is 0 Å². The lowest BCUT2D eigenvalue weighted by molar-refractivity contribution is 0.0493. The van der Waals surface area contributed by atoms with Crippen LogP contribution in [0, 0.1) is 11.2 Å². The van der Waals surface area contributed by atoms with Crippen molar-refractivity contribution in [2.45, 2.75) is 43.5 Å². The average molecular weight is 299 g/mol. The summed E-state index contributed by atoms with van der Waals surface area (Å²) in [7, 11) is -1.56. The topological polar surface area (TPSA) is 46.2 Å². The van der Waals surface area contributed by atoms with Crippen LogP contribution in [0.15, 0.2) is 23.1 Å². The fourth-order valence-electron chi connectivity index (χ4n) is 3.35. The van der Waals surface area contributed by atoms with Gasteiger partial charge in [-0.05, 0) is 48.9 Å². The van der Waals surface area contributed by atoms with E-state index in [1.54, 1.807) is 6.07 Å². The molecule has 0 heterocycles. The molecule has 3 atom stereocenters. The van der Waals surface area contributed by atoms with Crippen LogP contribution in [0.5, 0.6) is 0 Å². The van der Waals surface area contributed by atoms with E-state index in [0.717, 1.165) is 24.7 Å². The number of benzene rings is 1. The molecule has 0 amide bonds. The standard InChI is InChI=1S/C15H22FNO2S/c1-5-15(2)11(9-14(15)17-3)10-6-7-13(12(16)8-10)20(4,18)19/h6-8,11,14,17H,5,9H2,1-4H3. The Kier molecular flexibility index (Phi) is 3.95. The summed E-state index contributed by atoms with van der Waals surface area (Å²) in [5, 5.41) is 3.30. The smallest absolute Gasteiger partial charge is 0.178 e. The van der Waals surface area contributed by atoms with E-state index in [0.29, 0.717) is 6.04 Å². The van der Waals surface area contributed by atoms with Crippen molar-refractivity contribution in [3.8, 4) is 0 Å². The highest BCUT2D eigenvalue weighted by Crippen LogP contribution is 2.54. The van der Waals surface area contributed by atoms with Crippen LogP contribution < -0.4 is 5.32 Å². The van der Waals surface area contributed by atoms with E-state index in [-0.39, 0.29) is 16.2 Å². The van der Waals surface area contributed by atoms with Crippen molar-refractivity contribution in [3.63, 3.8) is 0 Å². The van der Waals surface area contributed by atoms with Crippen molar-refractivity contribution < 1.29 is 12.8 Å². The van der Waals surface area contributed by atoms with Gasteiger partial charge in [0.1, 0.15) is 10.7 Å². The molecular weight excluding hydrogens is 277 g/mol. The number of rotatable bonds is 4. The van der Waals surface area contributed by atoms with E-state index in [1.165, 1.54) is 12.1 Å². The molecule has 1 aliphatic rings. The molecule has 1 aliphatic carbocycles.